The number of nitrogens with zero attached hydrogens (tertiary/aromatic N) is 2. The van der Waals surface area contributed by atoms with Crippen LogP contribution in [0.5, 0.6) is 5.75 Å². The Kier molecular flexibility index (Phi) is 4.99. The number of anilines is 1. The number of pyridine rings is 1. The number of fused-ring (bicyclic) bond motifs is 1. The zero-order valence-electron chi connectivity index (χ0n) is 14.2. The maximum atomic E-state index is 12.1. The molecule has 3 rings (SSSR count). The van der Waals surface area contributed by atoms with Crippen LogP contribution in [0.2, 0.25) is 0 Å². The average molecular weight is 325 g/mol. The van der Waals surface area contributed by atoms with E-state index in [0.717, 1.165) is 44.1 Å². The molecule has 1 amide bonds. The standard InChI is InChI=1S/C19H23N3O2/c1-3-11-24-16-7-6-15-13-22(10-8-14(15)12-16)18-17(19(23)20-2)5-4-9-21-18/h4-7,9,12H,3,8,10-11,13H2,1-2H3,(H,20,23). The molecule has 0 unspecified atom stereocenters. The minimum absolute atomic E-state index is 0.104. The van der Waals surface area contributed by atoms with E-state index in [1.807, 2.05) is 12.1 Å². The number of amides is 1. The van der Waals surface area contributed by atoms with Crippen molar-refractivity contribution in [3.8, 4) is 5.75 Å². The molecule has 1 aromatic heterocycles. The first-order chi connectivity index (χ1) is 11.7. The number of carbonyl (C=O) groups excluding carboxylic acids is 1. The zero-order valence-corrected chi connectivity index (χ0v) is 14.2. The highest BCUT2D eigenvalue weighted by atomic mass is 16.5. The summed E-state index contributed by atoms with van der Waals surface area (Å²) in [6.45, 7) is 4.44. The van der Waals surface area contributed by atoms with Gasteiger partial charge in [-0.25, -0.2) is 4.98 Å². The molecular formula is C19H23N3O2. The van der Waals surface area contributed by atoms with Crippen molar-refractivity contribution in [2.45, 2.75) is 26.3 Å². The number of rotatable bonds is 5. The first-order valence-electron chi connectivity index (χ1n) is 8.39. The lowest BCUT2D eigenvalue weighted by Crippen LogP contribution is -2.33. The van der Waals surface area contributed by atoms with E-state index in [2.05, 4.69) is 34.3 Å². The van der Waals surface area contributed by atoms with Gasteiger partial charge in [0.1, 0.15) is 11.6 Å². The van der Waals surface area contributed by atoms with Crippen LogP contribution in [0.1, 0.15) is 34.8 Å². The summed E-state index contributed by atoms with van der Waals surface area (Å²) < 4.78 is 5.72. The minimum Gasteiger partial charge on any atom is -0.494 e. The predicted octanol–water partition coefficient (Wildman–Crippen LogP) is 2.79. The van der Waals surface area contributed by atoms with Gasteiger partial charge in [-0.1, -0.05) is 13.0 Å². The second-order valence-corrected chi connectivity index (χ2v) is 5.90. The second-order valence-electron chi connectivity index (χ2n) is 5.90. The molecule has 0 bridgehead atoms. The van der Waals surface area contributed by atoms with Crippen LogP contribution >= 0.6 is 0 Å². The molecule has 0 saturated heterocycles. The van der Waals surface area contributed by atoms with Crippen LogP contribution < -0.4 is 15.0 Å². The van der Waals surface area contributed by atoms with E-state index in [4.69, 9.17) is 4.74 Å². The number of nitrogens with one attached hydrogen (secondary N) is 1. The Morgan fingerprint density at radius 3 is 3.00 bits per heavy atom. The summed E-state index contributed by atoms with van der Waals surface area (Å²) >= 11 is 0. The number of aromatic nitrogens is 1. The van der Waals surface area contributed by atoms with Crippen molar-refractivity contribution in [2.24, 2.45) is 0 Å². The van der Waals surface area contributed by atoms with Gasteiger partial charge >= 0.3 is 0 Å². The van der Waals surface area contributed by atoms with Gasteiger partial charge in [-0.2, -0.15) is 0 Å². The second kappa shape index (κ2) is 7.34. The summed E-state index contributed by atoms with van der Waals surface area (Å²) in [6.07, 6.45) is 3.66. The Bertz CT molecular complexity index is 730. The van der Waals surface area contributed by atoms with Crippen molar-refractivity contribution in [3.63, 3.8) is 0 Å². The molecule has 0 spiro atoms. The van der Waals surface area contributed by atoms with Crippen molar-refractivity contribution in [3.05, 3.63) is 53.2 Å². The lowest BCUT2D eigenvalue weighted by Gasteiger charge is -2.31. The lowest BCUT2D eigenvalue weighted by molar-refractivity contribution is 0.0963. The van der Waals surface area contributed by atoms with Crippen LogP contribution in [0.25, 0.3) is 0 Å². The van der Waals surface area contributed by atoms with Crippen LogP contribution in [0.3, 0.4) is 0 Å². The molecule has 1 aliphatic heterocycles. The SMILES string of the molecule is CCCOc1ccc2c(c1)CCN(c1ncccc1C(=O)NC)C2. The van der Waals surface area contributed by atoms with Gasteiger partial charge in [-0.3, -0.25) is 4.79 Å². The molecule has 0 radical (unpaired) electrons. The van der Waals surface area contributed by atoms with Crippen LogP contribution in [0, 0.1) is 0 Å². The number of carbonyl (C=O) groups is 1. The van der Waals surface area contributed by atoms with Gasteiger partial charge in [0.25, 0.3) is 5.91 Å². The smallest absolute Gasteiger partial charge is 0.254 e. The Balaban J connectivity index is 1.82. The van der Waals surface area contributed by atoms with Crippen LogP contribution in [-0.4, -0.2) is 31.1 Å². The summed E-state index contributed by atoms with van der Waals surface area (Å²) in [7, 11) is 1.64. The molecule has 5 nitrogen and oxygen atoms in total. The van der Waals surface area contributed by atoms with Gasteiger partial charge in [0.15, 0.2) is 0 Å². The van der Waals surface area contributed by atoms with Gasteiger partial charge in [0.2, 0.25) is 0 Å². The minimum atomic E-state index is -0.104. The summed E-state index contributed by atoms with van der Waals surface area (Å²) in [5.41, 5.74) is 3.20. The number of hydrogen-bond donors (Lipinski definition) is 1. The van der Waals surface area contributed by atoms with Crippen molar-refractivity contribution in [1.82, 2.24) is 10.3 Å². The topological polar surface area (TPSA) is 54.5 Å². The Morgan fingerprint density at radius 2 is 2.21 bits per heavy atom. The highest BCUT2D eigenvalue weighted by Crippen LogP contribution is 2.28. The summed E-state index contributed by atoms with van der Waals surface area (Å²) in [5, 5.41) is 2.68. The largest absolute Gasteiger partial charge is 0.494 e. The van der Waals surface area contributed by atoms with E-state index in [9.17, 15) is 4.79 Å². The normalized spacial score (nSPS) is 13.3. The van der Waals surface area contributed by atoms with E-state index in [1.54, 1.807) is 19.3 Å². The fourth-order valence-electron chi connectivity index (χ4n) is 2.98. The first kappa shape index (κ1) is 16.3. The molecular weight excluding hydrogens is 302 g/mol. The first-order valence-corrected chi connectivity index (χ1v) is 8.39. The quantitative estimate of drug-likeness (QED) is 0.918. The van der Waals surface area contributed by atoms with Gasteiger partial charge in [0, 0.05) is 26.3 Å². The van der Waals surface area contributed by atoms with Crippen LogP contribution in [0.4, 0.5) is 5.82 Å². The molecule has 0 fully saturated rings. The predicted molar refractivity (Wildman–Crippen MR) is 94.6 cm³/mol. The maximum Gasteiger partial charge on any atom is 0.254 e. The number of ether oxygens (including phenoxy) is 1. The Hall–Kier alpha value is -2.56. The van der Waals surface area contributed by atoms with Gasteiger partial charge < -0.3 is 15.0 Å². The van der Waals surface area contributed by atoms with Crippen molar-refractivity contribution >= 4 is 11.7 Å². The van der Waals surface area contributed by atoms with E-state index in [1.165, 1.54) is 11.1 Å². The maximum absolute atomic E-state index is 12.1. The van der Waals surface area contributed by atoms with Crippen molar-refractivity contribution < 1.29 is 9.53 Å². The third kappa shape index (κ3) is 3.35. The van der Waals surface area contributed by atoms with Gasteiger partial charge in [0.05, 0.1) is 12.2 Å². The fourth-order valence-corrected chi connectivity index (χ4v) is 2.98. The van der Waals surface area contributed by atoms with Crippen molar-refractivity contribution in [1.29, 1.82) is 0 Å². The summed E-state index contributed by atoms with van der Waals surface area (Å²) in [6, 6.07) is 9.90. The molecule has 24 heavy (non-hydrogen) atoms. The van der Waals surface area contributed by atoms with Gasteiger partial charge in [-0.05, 0) is 48.2 Å². The van der Waals surface area contributed by atoms with E-state index in [-0.39, 0.29) is 5.91 Å². The molecule has 2 heterocycles. The molecule has 1 aliphatic rings. The Labute approximate surface area is 142 Å². The molecule has 2 aromatic rings. The van der Waals surface area contributed by atoms with Gasteiger partial charge in [-0.15, -0.1) is 0 Å². The molecule has 1 N–H and O–H groups in total. The highest BCUT2D eigenvalue weighted by molar-refractivity contribution is 5.98. The molecule has 126 valence electrons. The number of hydrogen-bond acceptors (Lipinski definition) is 4. The van der Waals surface area contributed by atoms with Crippen molar-refractivity contribution in [2.75, 3.05) is 25.1 Å². The van der Waals surface area contributed by atoms with Crippen LogP contribution in [-0.2, 0) is 13.0 Å². The third-order valence-corrected chi connectivity index (χ3v) is 4.22. The lowest BCUT2D eigenvalue weighted by atomic mass is 9.99. The monoisotopic (exact) mass is 325 g/mol. The Morgan fingerprint density at radius 1 is 1.33 bits per heavy atom. The summed E-state index contributed by atoms with van der Waals surface area (Å²) in [5.74, 6) is 1.58. The zero-order chi connectivity index (χ0) is 16.9. The molecule has 5 heteroatoms. The van der Waals surface area contributed by atoms with Crippen LogP contribution in [0.15, 0.2) is 36.5 Å². The average Bonchev–Trinajstić information content (AvgIpc) is 2.65. The number of benzene rings is 1. The fraction of sp³-hybridized carbons (Fsp3) is 0.368. The van der Waals surface area contributed by atoms with E-state index in [0.29, 0.717) is 5.56 Å². The molecule has 1 aromatic carbocycles. The molecule has 0 atom stereocenters. The molecule has 0 saturated carbocycles. The summed E-state index contributed by atoms with van der Waals surface area (Å²) in [4.78, 5) is 18.7. The third-order valence-electron chi connectivity index (χ3n) is 4.22. The highest BCUT2D eigenvalue weighted by Gasteiger charge is 2.22. The molecule has 0 aliphatic carbocycles. The van der Waals surface area contributed by atoms with E-state index < -0.39 is 0 Å². The van der Waals surface area contributed by atoms with E-state index >= 15 is 0 Å².